The van der Waals surface area contributed by atoms with Crippen molar-refractivity contribution in [3.05, 3.63) is 0 Å². The van der Waals surface area contributed by atoms with Crippen molar-refractivity contribution >= 4 is 17.8 Å². The summed E-state index contributed by atoms with van der Waals surface area (Å²) in [6.07, 6.45) is 3.58. The fourth-order valence-corrected chi connectivity index (χ4v) is 2.88. The van der Waals surface area contributed by atoms with Crippen LogP contribution in [0, 0.1) is 5.41 Å². The third-order valence-corrected chi connectivity index (χ3v) is 4.68. The lowest BCUT2D eigenvalue weighted by molar-refractivity contribution is -0.304. The van der Waals surface area contributed by atoms with Gasteiger partial charge in [-0.3, -0.25) is 14.4 Å². The van der Waals surface area contributed by atoms with Crippen LogP contribution in [0.4, 0.5) is 0 Å². The molecule has 0 spiro atoms. The number of ether oxygens (including phenoxy) is 3. The predicted octanol–water partition coefficient (Wildman–Crippen LogP) is 2.30. The molecule has 1 heterocycles. The highest BCUT2D eigenvalue weighted by Gasteiger charge is 2.45. The second-order valence-corrected chi connectivity index (χ2v) is 8.60. The first-order valence-corrected chi connectivity index (χ1v) is 10.6. The lowest BCUT2D eigenvalue weighted by Crippen LogP contribution is -2.56. The molecule has 29 heavy (non-hydrogen) atoms. The molecule has 0 aromatic rings. The van der Waals surface area contributed by atoms with Crippen LogP contribution in [0.1, 0.15) is 73.1 Å². The van der Waals surface area contributed by atoms with Crippen molar-refractivity contribution in [2.75, 3.05) is 26.3 Å². The van der Waals surface area contributed by atoms with Gasteiger partial charge in [0.25, 0.3) is 0 Å². The van der Waals surface area contributed by atoms with E-state index in [9.17, 15) is 14.4 Å². The Bertz CT molecular complexity index is 547. The molecule has 0 aromatic heterocycles. The molecule has 0 saturated carbocycles. The first-order chi connectivity index (χ1) is 13.6. The molecule has 1 fully saturated rings. The van der Waals surface area contributed by atoms with Crippen LogP contribution >= 0.6 is 0 Å². The quantitative estimate of drug-likeness (QED) is 0.375. The van der Waals surface area contributed by atoms with Gasteiger partial charge in [0, 0.05) is 24.9 Å². The molecular formula is C21H38N2O6. The molecule has 1 aliphatic rings. The van der Waals surface area contributed by atoms with Crippen LogP contribution in [-0.2, 0) is 28.6 Å². The minimum atomic E-state index is -0.818. The number of carbonyl (C=O) groups excluding carboxylic acids is 3. The van der Waals surface area contributed by atoms with Crippen molar-refractivity contribution in [2.24, 2.45) is 5.41 Å². The Morgan fingerprint density at radius 2 is 1.72 bits per heavy atom. The zero-order valence-electron chi connectivity index (χ0n) is 18.6. The first-order valence-electron chi connectivity index (χ1n) is 10.6. The van der Waals surface area contributed by atoms with E-state index >= 15 is 0 Å². The normalized spacial score (nSPS) is 20.0. The smallest absolute Gasteiger partial charge is 0.307 e. The van der Waals surface area contributed by atoms with Crippen molar-refractivity contribution in [1.29, 1.82) is 0 Å². The van der Waals surface area contributed by atoms with Crippen LogP contribution in [0.25, 0.3) is 0 Å². The summed E-state index contributed by atoms with van der Waals surface area (Å²) in [5.41, 5.74) is -0.457. The molecular weight excluding hydrogens is 376 g/mol. The number of nitrogens with one attached hydrogen (secondary N) is 2. The molecule has 0 aliphatic carbocycles. The van der Waals surface area contributed by atoms with Crippen LogP contribution < -0.4 is 10.6 Å². The largest absolute Gasteiger partial charge is 0.466 e. The minimum absolute atomic E-state index is 0.0360. The molecule has 1 aliphatic heterocycles. The highest BCUT2D eigenvalue weighted by Crippen LogP contribution is 2.34. The van der Waals surface area contributed by atoms with Crippen molar-refractivity contribution < 1.29 is 28.6 Å². The van der Waals surface area contributed by atoms with Gasteiger partial charge in [0.15, 0.2) is 5.79 Å². The Morgan fingerprint density at radius 1 is 1.00 bits per heavy atom. The van der Waals surface area contributed by atoms with Gasteiger partial charge in [-0.25, -0.2) is 0 Å². The molecule has 1 saturated heterocycles. The number of carbonyl (C=O) groups is 3. The monoisotopic (exact) mass is 414 g/mol. The number of hydrogen-bond donors (Lipinski definition) is 2. The Morgan fingerprint density at radius 3 is 2.41 bits per heavy atom. The van der Waals surface area contributed by atoms with E-state index in [2.05, 4.69) is 17.6 Å². The third-order valence-electron chi connectivity index (χ3n) is 4.68. The SMILES string of the molecule is CCCCCC(=O)NCCCOC(=O)CCNC(=O)C1OC(C)(C)OCC1(C)C. The summed E-state index contributed by atoms with van der Waals surface area (Å²) in [7, 11) is 0. The van der Waals surface area contributed by atoms with E-state index in [0.717, 1.165) is 19.3 Å². The number of unbranched alkanes of at least 4 members (excludes halogenated alkanes) is 2. The summed E-state index contributed by atoms with van der Waals surface area (Å²) >= 11 is 0. The van der Waals surface area contributed by atoms with Gasteiger partial charge in [0.05, 0.1) is 19.6 Å². The fourth-order valence-electron chi connectivity index (χ4n) is 2.88. The van der Waals surface area contributed by atoms with Crippen LogP contribution in [-0.4, -0.2) is 56.0 Å². The van der Waals surface area contributed by atoms with Crippen molar-refractivity contribution in [2.45, 2.75) is 85.0 Å². The van der Waals surface area contributed by atoms with Crippen LogP contribution in [0.2, 0.25) is 0 Å². The van der Waals surface area contributed by atoms with Gasteiger partial charge in [-0.05, 0) is 26.7 Å². The van der Waals surface area contributed by atoms with Gasteiger partial charge in [-0.2, -0.15) is 0 Å². The summed E-state index contributed by atoms with van der Waals surface area (Å²) < 4.78 is 16.5. The standard InChI is InChI=1S/C21H38N2O6/c1-6-7-8-10-16(24)22-12-9-14-27-17(25)11-13-23-19(26)18-20(2,3)15-28-21(4,5)29-18/h18H,6-15H2,1-5H3,(H,22,24)(H,23,26). The molecule has 8 heteroatoms. The Labute approximate surface area is 174 Å². The van der Waals surface area contributed by atoms with E-state index in [0.29, 0.717) is 26.0 Å². The fraction of sp³-hybridized carbons (Fsp3) is 0.857. The summed E-state index contributed by atoms with van der Waals surface area (Å²) in [4.78, 5) is 35.8. The van der Waals surface area contributed by atoms with E-state index in [1.54, 1.807) is 13.8 Å². The zero-order chi connectivity index (χ0) is 21.9. The average Bonchev–Trinajstić information content (AvgIpc) is 2.64. The van der Waals surface area contributed by atoms with Gasteiger partial charge in [-0.1, -0.05) is 33.6 Å². The minimum Gasteiger partial charge on any atom is -0.466 e. The molecule has 0 bridgehead atoms. The Balaban J connectivity index is 2.15. The zero-order valence-corrected chi connectivity index (χ0v) is 18.6. The van der Waals surface area contributed by atoms with Crippen molar-refractivity contribution in [1.82, 2.24) is 10.6 Å². The van der Waals surface area contributed by atoms with Gasteiger partial charge >= 0.3 is 5.97 Å². The number of amides is 2. The molecule has 8 nitrogen and oxygen atoms in total. The number of rotatable bonds is 12. The molecule has 2 N–H and O–H groups in total. The number of esters is 1. The van der Waals surface area contributed by atoms with E-state index in [-0.39, 0.29) is 37.4 Å². The lowest BCUT2D eigenvalue weighted by atomic mass is 9.85. The average molecular weight is 415 g/mol. The summed E-state index contributed by atoms with van der Waals surface area (Å²) in [6.45, 7) is 10.8. The summed E-state index contributed by atoms with van der Waals surface area (Å²) in [5.74, 6) is -1.42. The van der Waals surface area contributed by atoms with Gasteiger partial charge < -0.3 is 24.8 Å². The van der Waals surface area contributed by atoms with Gasteiger partial charge in [0.2, 0.25) is 11.8 Å². The Hall–Kier alpha value is -1.67. The predicted molar refractivity (Wildman–Crippen MR) is 109 cm³/mol. The van der Waals surface area contributed by atoms with Crippen LogP contribution in [0.3, 0.4) is 0 Å². The third kappa shape index (κ3) is 10.1. The second kappa shape index (κ2) is 12.1. The molecule has 2 amide bonds. The maximum Gasteiger partial charge on any atom is 0.307 e. The second-order valence-electron chi connectivity index (χ2n) is 8.60. The van der Waals surface area contributed by atoms with Gasteiger partial charge in [0.1, 0.15) is 6.10 Å². The van der Waals surface area contributed by atoms with Crippen LogP contribution in [0.5, 0.6) is 0 Å². The molecule has 168 valence electrons. The molecule has 0 aromatic carbocycles. The maximum atomic E-state index is 12.5. The van der Waals surface area contributed by atoms with E-state index in [1.807, 2.05) is 13.8 Å². The number of hydrogen-bond acceptors (Lipinski definition) is 6. The Kier molecular flexibility index (Phi) is 10.6. The molecule has 0 radical (unpaired) electrons. The highest BCUT2D eigenvalue weighted by atomic mass is 16.7. The molecule has 1 atom stereocenters. The van der Waals surface area contributed by atoms with Crippen molar-refractivity contribution in [3.8, 4) is 0 Å². The lowest BCUT2D eigenvalue weighted by Gasteiger charge is -2.44. The molecule has 1 unspecified atom stereocenters. The topological polar surface area (TPSA) is 103 Å². The van der Waals surface area contributed by atoms with E-state index in [4.69, 9.17) is 14.2 Å². The van der Waals surface area contributed by atoms with E-state index < -0.39 is 17.3 Å². The summed E-state index contributed by atoms with van der Waals surface area (Å²) in [6, 6.07) is 0. The maximum absolute atomic E-state index is 12.5. The van der Waals surface area contributed by atoms with Crippen LogP contribution in [0.15, 0.2) is 0 Å². The highest BCUT2D eigenvalue weighted by molar-refractivity contribution is 5.82. The molecule has 1 rings (SSSR count). The van der Waals surface area contributed by atoms with E-state index in [1.165, 1.54) is 0 Å². The van der Waals surface area contributed by atoms with Crippen molar-refractivity contribution in [3.63, 3.8) is 0 Å². The summed E-state index contributed by atoms with van der Waals surface area (Å²) in [5, 5.41) is 5.55. The van der Waals surface area contributed by atoms with Gasteiger partial charge in [-0.15, -0.1) is 0 Å². The first kappa shape index (κ1) is 25.4.